The minimum atomic E-state index is -0.0344. The molecule has 2 aromatic heterocycles. The molecule has 1 amide bonds. The normalized spacial score (nSPS) is 15.3. The first kappa shape index (κ1) is 17.0. The molecule has 3 heterocycles. The van der Waals surface area contributed by atoms with E-state index in [-0.39, 0.29) is 11.9 Å². The van der Waals surface area contributed by atoms with Crippen LogP contribution in [-0.2, 0) is 6.42 Å². The Labute approximate surface area is 157 Å². The van der Waals surface area contributed by atoms with Gasteiger partial charge in [-0.1, -0.05) is 18.2 Å². The Kier molecular flexibility index (Phi) is 4.89. The fraction of sp³-hybridized carbons (Fsp3) is 0.333. The molecule has 1 aromatic carbocycles. The molecule has 1 atom stereocenters. The number of anilines is 1. The lowest BCUT2D eigenvalue weighted by molar-refractivity contribution is 0.0940. The number of carbonyl (C=O) groups excluding carboxylic acids is 1. The lowest BCUT2D eigenvalue weighted by Gasteiger charge is -2.21. The molecule has 5 heteroatoms. The Morgan fingerprint density at radius 2 is 2.08 bits per heavy atom. The summed E-state index contributed by atoms with van der Waals surface area (Å²) in [5.41, 5.74) is 2.89. The van der Waals surface area contributed by atoms with Crippen molar-refractivity contribution in [3.63, 3.8) is 0 Å². The molecule has 0 radical (unpaired) electrons. The van der Waals surface area contributed by atoms with E-state index in [1.165, 1.54) is 5.56 Å². The van der Waals surface area contributed by atoms with Gasteiger partial charge in [-0.15, -0.1) is 0 Å². The van der Waals surface area contributed by atoms with E-state index in [1.807, 2.05) is 30.3 Å². The van der Waals surface area contributed by atoms with Gasteiger partial charge in [-0.05, 0) is 60.7 Å². The highest BCUT2D eigenvalue weighted by Gasteiger charge is 2.22. The Balaban J connectivity index is 1.62. The molecular weight excluding hydrogens is 342 g/mol. The zero-order valence-electron chi connectivity index (χ0n) is 14.9. The van der Waals surface area contributed by atoms with Crippen molar-refractivity contribution >= 4 is 34.0 Å². The Morgan fingerprint density at radius 1 is 1.27 bits per heavy atom. The van der Waals surface area contributed by atoms with E-state index >= 15 is 0 Å². The van der Waals surface area contributed by atoms with E-state index in [1.54, 1.807) is 11.3 Å². The van der Waals surface area contributed by atoms with Crippen molar-refractivity contribution in [2.45, 2.75) is 32.2 Å². The van der Waals surface area contributed by atoms with Crippen molar-refractivity contribution in [1.82, 2.24) is 10.3 Å². The fourth-order valence-corrected chi connectivity index (χ4v) is 4.24. The number of amides is 1. The smallest absolute Gasteiger partial charge is 0.255 e. The maximum atomic E-state index is 13.0. The number of nitrogens with one attached hydrogen (secondary N) is 1. The summed E-state index contributed by atoms with van der Waals surface area (Å²) >= 11 is 1.69. The maximum Gasteiger partial charge on any atom is 0.255 e. The number of pyridine rings is 1. The van der Waals surface area contributed by atoms with Crippen LogP contribution in [0.4, 0.5) is 5.82 Å². The Morgan fingerprint density at radius 3 is 2.85 bits per heavy atom. The molecule has 1 N–H and O–H groups in total. The number of fused-ring (bicyclic) bond motifs is 1. The van der Waals surface area contributed by atoms with Crippen molar-refractivity contribution in [3.05, 3.63) is 58.3 Å². The van der Waals surface area contributed by atoms with Gasteiger partial charge in [0.05, 0.1) is 11.1 Å². The number of hydrogen-bond donors (Lipinski definition) is 1. The highest BCUT2D eigenvalue weighted by molar-refractivity contribution is 7.07. The minimum Gasteiger partial charge on any atom is -0.356 e. The van der Waals surface area contributed by atoms with E-state index in [0.717, 1.165) is 49.1 Å². The number of aromatic nitrogens is 1. The minimum absolute atomic E-state index is 0.0344. The highest BCUT2D eigenvalue weighted by atomic mass is 32.1. The van der Waals surface area contributed by atoms with Gasteiger partial charge in [0.15, 0.2) is 0 Å². The van der Waals surface area contributed by atoms with E-state index in [2.05, 4.69) is 34.0 Å². The van der Waals surface area contributed by atoms with Crippen LogP contribution in [0.15, 0.2) is 47.2 Å². The van der Waals surface area contributed by atoms with Gasteiger partial charge in [-0.25, -0.2) is 4.98 Å². The first-order valence-electron chi connectivity index (χ1n) is 9.17. The molecule has 1 fully saturated rings. The Hall–Kier alpha value is -2.40. The summed E-state index contributed by atoms with van der Waals surface area (Å²) in [6.45, 7) is 3.99. The topological polar surface area (TPSA) is 45.2 Å². The van der Waals surface area contributed by atoms with Crippen LogP contribution in [0.3, 0.4) is 0 Å². The molecule has 0 spiro atoms. The third kappa shape index (κ3) is 3.58. The third-order valence-electron chi connectivity index (χ3n) is 4.85. The van der Waals surface area contributed by atoms with Crippen molar-refractivity contribution in [2.24, 2.45) is 0 Å². The van der Waals surface area contributed by atoms with Gasteiger partial charge in [0.1, 0.15) is 5.82 Å². The van der Waals surface area contributed by atoms with Gasteiger partial charge in [-0.3, -0.25) is 4.79 Å². The summed E-state index contributed by atoms with van der Waals surface area (Å²) in [6.07, 6.45) is 3.16. The van der Waals surface area contributed by atoms with Crippen LogP contribution in [0, 0.1) is 0 Å². The van der Waals surface area contributed by atoms with Crippen LogP contribution in [-0.4, -0.2) is 30.0 Å². The van der Waals surface area contributed by atoms with Gasteiger partial charge in [0, 0.05) is 24.5 Å². The lowest BCUT2D eigenvalue weighted by Crippen LogP contribution is -2.35. The van der Waals surface area contributed by atoms with Crippen LogP contribution < -0.4 is 10.2 Å². The summed E-state index contributed by atoms with van der Waals surface area (Å²) < 4.78 is 0. The number of nitrogens with zero attached hydrogens (tertiary/aromatic N) is 2. The molecule has 0 aliphatic carbocycles. The maximum absolute atomic E-state index is 13.0. The van der Waals surface area contributed by atoms with Gasteiger partial charge in [0.2, 0.25) is 0 Å². The van der Waals surface area contributed by atoms with Gasteiger partial charge in [0.25, 0.3) is 5.91 Å². The molecule has 134 valence electrons. The first-order valence-corrected chi connectivity index (χ1v) is 10.1. The van der Waals surface area contributed by atoms with Crippen molar-refractivity contribution in [2.75, 3.05) is 18.0 Å². The number of para-hydroxylation sites is 1. The molecule has 0 bridgehead atoms. The van der Waals surface area contributed by atoms with E-state index in [9.17, 15) is 4.79 Å². The summed E-state index contributed by atoms with van der Waals surface area (Å²) in [5, 5.41) is 8.37. The van der Waals surface area contributed by atoms with E-state index in [0.29, 0.717) is 5.56 Å². The number of carbonyl (C=O) groups is 1. The van der Waals surface area contributed by atoms with Crippen molar-refractivity contribution in [3.8, 4) is 0 Å². The summed E-state index contributed by atoms with van der Waals surface area (Å²) in [7, 11) is 0. The largest absolute Gasteiger partial charge is 0.356 e. The monoisotopic (exact) mass is 365 g/mol. The SMILES string of the molecule is CC(Cc1ccsc1)NC(=O)c1cc2ccccc2nc1N1CCCC1. The van der Waals surface area contributed by atoms with Crippen molar-refractivity contribution < 1.29 is 4.79 Å². The number of benzene rings is 1. The third-order valence-corrected chi connectivity index (χ3v) is 5.59. The molecule has 0 saturated carbocycles. The molecule has 4 nitrogen and oxygen atoms in total. The second kappa shape index (κ2) is 7.46. The predicted octanol–water partition coefficient (Wildman–Crippen LogP) is 4.26. The molecular formula is C21H23N3OS. The van der Waals surface area contributed by atoms with Gasteiger partial charge >= 0.3 is 0 Å². The fourth-order valence-electron chi connectivity index (χ4n) is 3.56. The molecule has 1 aliphatic rings. The second-order valence-corrected chi connectivity index (χ2v) is 7.74. The van der Waals surface area contributed by atoms with Crippen LogP contribution in [0.25, 0.3) is 10.9 Å². The van der Waals surface area contributed by atoms with Gasteiger partial charge in [-0.2, -0.15) is 11.3 Å². The number of hydrogen-bond acceptors (Lipinski definition) is 4. The van der Waals surface area contributed by atoms with E-state index in [4.69, 9.17) is 4.98 Å². The molecule has 1 aliphatic heterocycles. The molecule has 3 aromatic rings. The average Bonchev–Trinajstić information content (AvgIpc) is 3.34. The quantitative estimate of drug-likeness (QED) is 0.735. The highest BCUT2D eigenvalue weighted by Crippen LogP contribution is 2.26. The van der Waals surface area contributed by atoms with Crippen LogP contribution in [0.1, 0.15) is 35.7 Å². The lowest BCUT2D eigenvalue weighted by atomic mass is 10.1. The summed E-state index contributed by atoms with van der Waals surface area (Å²) in [5.74, 6) is 0.786. The zero-order chi connectivity index (χ0) is 17.9. The van der Waals surface area contributed by atoms with Crippen LogP contribution >= 0.6 is 11.3 Å². The molecule has 1 saturated heterocycles. The molecule has 4 rings (SSSR count). The number of thiophene rings is 1. The average molecular weight is 366 g/mol. The number of rotatable bonds is 5. The summed E-state index contributed by atoms with van der Waals surface area (Å²) in [4.78, 5) is 20.1. The van der Waals surface area contributed by atoms with E-state index < -0.39 is 0 Å². The summed E-state index contributed by atoms with van der Waals surface area (Å²) in [6, 6.07) is 12.2. The second-order valence-electron chi connectivity index (χ2n) is 6.96. The molecule has 1 unspecified atom stereocenters. The van der Waals surface area contributed by atoms with Gasteiger partial charge < -0.3 is 10.2 Å². The van der Waals surface area contributed by atoms with Crippen LogP contribution in [0.2, 0.25) is 0 Å². The standard InChI is InChI=1S/C21H23N3OS/c1-15(12-16-8-11-26-14-16)22-21(25)18-13-17-6-2-3-7-19(17)23-20(18)24-9-4-5-10-24/h2-3,6-8,11,13-15H,4-5,9-10,12H2,1H3,(H,22,25). The van der Waals surface area contributed by atoms with Crippen molar-refractivity contribution in [1.29, 1.82) is 0 Å². The molecule has 26 heavy (non-hydrogen) atoms. The first-order chi connectivity index (χ1) is 12.7. The zero-order valence-corrected chi connectivity index (χ0v) is 15.8. The van der Waals surface area contributed by atoms with Crippen LogP contribution in [0.5, 0.6) is 0 Å². The Bertz CT molecular complexity index is 901. The predicted molar refractivity (Wildman–Crippen MR) is 108 cm³/mol.